The molecule has 1 aliphatic carbocycles. The predicted molar refractivity (Wildman–Crippen MR) is 59.8 cm³/mol. The maximum atomic E-state index is 10.1. The second kappa shape index (κ2) is 3.53. The molecule has 1 aromatic rings. The number of benzene rings is 1. The Balaban J connectivity index is 2.10. The average Bonchev–Trinajstić information content (AvgIpc) is 2.87. The van der Waals surface area contributed by atoms with Crippen molar-refractivity contribution in [1.29, 1.82) is 0 Å². The van der Waals surface area contributed by atoms with Crippen LogP contribution in [0.4, 0.5) is 0 Å². The fraction of sp³-hybridized carbons (Fsp3) is 0.538. The fourth-order valence-corrected chi connectivity index (χ4v) is 2.08. The Morgan fingerprint density at radius 2 is 1.87 bits per heavy atom. The first-order valence-electron chi connectivity index (χ1n) is 5.36. The van der Waals surface area contributed by atoms with Gasteiger partial charge in [0.25, 0.3) is 0 Å². The number of ether oxygens (including phenoxy) is 1. The van der Waals surface area contributed by atoms with Gasteiger partial charge in [0.15, 0.2) is 0 Å². The summed E-state index contributed by atoms with van der Waals surface area (Å²) >= 11 is 0. The van der Waals surface area contributed by atoms with Crippen LogP contribution in [-0.4, -0.2) is 12.2 Å². The molecule has 0 heterocycles. The van der Waals surface area contributed by atoms with Crippen molar-refractivity contribution in [2.75, 3.05) is 7.11 Å². The molecule has 1 aliphatic rings. The van der Waals surface area contributed by atoms with E-state index in [4.69, 9.17) is 4.74 Å². The van der Waals surface area contributed by atoms with Crippen LogP contribution in [0.15, 0.2) is 24.3 Å². The molecular formula is C13H18O2. The van der Waals surface area contributed by atoms with E-state index in [2.05, 4.69) is 13.8 Å². The molecule has 82 valence electrons. The van der Waals surface area contributed by atoms with E-state index in [1.165, 1.54) is 0 Å². The van der Waals surface area contributed by atoms with Gasteiger partial charge in [-0.3, -0.25) is 0 Å². The molecule has 2 atom stereocenters. The van der Waals surface area contributed by atoms with E-state index in [9.17, 15) is 5.11 Å². The standard InChI is InChI=1S/C13H18O2/c1-13(2)8-11(13)12(14)9-4-6-10(15-3)7-5-9/h4-7,11-12,14H,8H2,1-3H3. The Labute approximate surface area is 90.9 Å². The van der Waals surface area contributed by atoms with Gasteiger partial charge in [-0.1, -0.05) is 26.0 Å². The Morgan fingerprint density at radius 3 is 2.27 bits per heavy atom. The van der Waals surface area contributed by atoms with Crippen molar-refractivity contribution in [2.45, 2.75) is 26.4 Å². The molecule has 2 heteroatoms. The number of hydrogen-bond acceptors (Lipinski definition) is 2. The van der Waals surface area contributed by atoms with Crippen molar-refractivity contribution in [1.82, 2.24) is 0 Å². The third-order valence-electron chi connectivity index (χ3n) is 3.43. The largest absolute Gasteiger partial charge is 0.497 e. The molecule has 2 unspecified atom stereocenters. The van der Waals surface area contributed by atoms with Crippen LogP contribution in [0.3, 0.4) is 0 Å². The molecule has 0 amide bonds. The molecule has 1 fully saturated rings. The van der Waals surface area contributed by atoms with E-state index >= 15 is 0 Å². The van der Waals surface area contributed by atoms with E-state index in [0.717, 1.165) is 17.7 Å². The van der Waals surface area contributed by atoms with Crippen molar-refractivity contribution in [3.05, 3.63) is 29.8 Å². The van der Waals surface area contributed by atoms with Crippen molar-refractivity contribution in [2.24, 2.45) is 11.3 Å². The first-order chi connectivity index (χ1) is 7.04. The lowest BCUT2D eigenvalue weighted by Gasteiger charge is -2.13. The van der Waals surface area contributed by atoms with Gasteiger partial charge in [-0.2, -0.15) is 0 Å². The number of methoxy groups -OCH3 is 1. The summed E-state index contributed by atoms with van der Waals surface area (Å²) in [5, 5.41) is 10.1. The average molecular weight is 206 g/mol. The van der Waals surface area contributed by atoms with Gasteiger partial charge in [-0.15, -0.1) is 0 Å². The second-order valence-electron chi connectivity index (χ2n) is 5.02. The van der Waals surface area contributed by atoms with Crippen LogP contribution in [-0.2, 0) is 0 Å². The van der Waals surface area contributed by atoms with Crippen molar-refractivity contribution in [3.63, 3.8) is 0 Å². The fourth-order valence-electron chi connectivity index (χ4n) is 2.08. The molecule has 0 spiro atoms. The Bertz CT molecular complexity index is 340. The van der Waals surface area contributed by atoms with Crippen LogP contribution in [0.25, 0.3) is 0 Å². The summed E-state index contributed by atoms with van der Waals surface area (Å²) in [6.07, 6.45) is 0.783. The normalized spacial score (nSPS) is 24.7. The SMILES string of the molecule is COc1ccc(C(O)C2CC2(C)C)cc1. The van der Waals surface area contributed by atoms with Crippen LogP contribution in [0.1, 0.15) is 31.9 Å². The third kappa shape index (κ3) is 2.00. The van der Waals surface area contributed by atoms with Gasteiger partial charge < -0.3 is 9.84 Å². The summed E-state index contributed by atoms with van der Waals surface area (Å²) in [7, 11) is 1.65. The Hall–Kier alpha value is -1.02. The molecule has 0 saturated heterocycles. The van der Waals surface area contributed by atoms with Crippen molar-refractivity contribution >= 4 is 0 Å². The lowest BCUT2D eigenvalue weighted by Crippen LogP contribution is -2.04. The van der Waals surface area contributed by atoms with Gasteiger partial charge in [-0.25, -0.2) is 0 Å². The van der Waals surface area contributed by atoms with Crippen LogP contribution >= 0.6 is 0 Å². The van der Waals surface area contributed by atoms with Gasteiger partial charge in [0, 0.05) is 0 Å². The van der Waals surface area contributed by atoms with E-state index in [0.29, 0.717) is 11.3 Å². The van der Waals surface area contributed by atoms with Gasteiger partial charge in [0.1, 0.15) is 5.75 Å². The maximum Gasteiger partial charge on any atom is 0.118 e. The highest BCUT2D eigenvalue weighted by molar-refractivity contribution is 5.29. The highest BCUT2D eigenvalue weighted by Gasteiger charge is 2.50. The Morgan fingerprint density at radius 1 is 1.33 bits per heavy atom. The molecule has 0 bridgehead atoms. The summed E-state index contributed by atoms with van der Waals surface area (Å²) in [6.45, 7) is 4.40. The molecule has 1 aromatic carbocycles. The van der Waals surface area contributed by atoms with Crippen LogP contribution in [0, 0.1) is 11.3 Å². The third-order valence-corrected chi connectivity index (χ3v) is 3.43. The van der Waals surface area contributed by atoms with Crippen LogP contribution in [0.2, 0.25) is 0 Å². The molecule has 2 nitrogen and oxygen atoms in total. The zero-order chi connectivity index (χ0) is 11.1. The van der Waals surface area contributed by atoms with E-state index in [-0.39, 0.29) is 6.10 Å². The lowest BCUT2D eigenvalue weighted by atomic mass is 10.00. The molecule has 1 saturated carbocycles. The lowest BCUT2D eigenvalue weighted by molar-refractivity contribution is 0.138. The van der Waals surface area contributed by atoms with Crippen LogP contribution in [0.5, 0.6) is 5.75 Å². The number of aliphatic hydroxyl groups excluding tert-OH is 1. The molecule has 1 N–H and O–H groups in total. The van der Waals surface area contributed by atoms with Gasteiger partial charge in [0.2, 0.25) is 0 Å². The molecular weight excluding hydrogens is 188 g/mol. The number of aliphatic hydroxyl groups is 1. The number of hydrogen-bond donors (Lipinski definition) is 1. The molecule has 0 aromatic heterocycles. The minimum absolute atomic E-state index is 0.305. The summed E-state index contributed by atoms with van der Waals surface area (Å²) in [4.78, 5) is 0. The van der Waals surface area contributed by atoms with E-state index in [1.807, 2.05) is 24.3 Å². The minimum Gasteiger partial charge on any atom is -0.497 e. The van der Waals surface area contributed by atoms with Crippen molar-refractivity contribution in [3.8, 4) is 5.75 Å². The highest BCUT2D eigenvalue weighted by Crippen LogP contribution is 2.57. The first-order valence-corrected chi connectivity index (χ1v) is 5.36. The summed E-state index contributed by atoms with van der Waals surface area (Å²) < 4.78 is 5.08. The zero-order valence-electron chi connectivity index (χ0n) is 9.53. The van der Waals surface area contributed by atoms with Gasteiger partial charge in [0.05, 0.1) is 13.2 Å². The minimum atomic E-state index is -0.328. The molecule has 2 rings (SSSR count). The van der Waals surface area contributed by atoms with Crippen LogP contribution < -0.4 is 4.74 Å². The topological polar surface area (TPSA) is 29.5 Å². The first kappa shape index (κ1) is 10.5. The molecule has 0 aliphatic heterocycles. The highest BCUT2D eigenvalue weighted by atomic mass is 16.5. The molecule has 15 heavy (non-hydrogen) atoms. The maximum absolute atomic E-state index is 10.1. The predicted octanol–water partition coefficient (Wildman–Crippen LogP) is 2.77. The Kier molecular flexibility index (Phi) is 2.47. The summed E-state index contributed by atoms with van der Waals surface area (Å²) in [5.41, 5.74) is 1.30. The quantitative estimate of drug-likeness (QED) is 0.824. The van der Waals surface area contributed by atoms with Crippen molar-refractivity contribution < 1.29 is 9.84 Å². The van der Waals surface area contributed by atoms with E-state index < -0.39 is 0 Å². The second-order valence-corrected chi connectivity index (χ2v) is 5.02. The summed E-state index contributed by atoms with van der Waals surface area (Å²) in [6, 6.07) is 7.68. The summed E-state index contributed by atoms with van der Waals surface area (Å²) in [5.74, 6) is 1.24. The smallest absolute Gasteiger partial charge is 0.118 e. The van der Waals surface area contributed by atoms with Gasteiger partial charge in [-0.05, 0) is 35.4 Å². The van der Waals surface area contributed by atoms with Gasteiger partial charge >= 0.3 is 0 Å². The molecule has 0 radical (unpaired) electrons. The monoisotopic (exact) mass is 206 g/mol. The zero-order valence-corrected chi connectivity index (χ0v) is 9.53. The van der Waals surface area contributed by atoms with E-state index in [1.54, 1.807) is 7.11 Å². The number of rotatable bonds is 3.